The van der Waals surface area contributed by atoms with Gasteiger partial charge in [0.2, 0.25) is 11.8 Å². The van der Waals surface area contributed by atoms with E-state index < -0.39 is 283 Å². The first kappa shape index (κ1) is 102. The van der Waals surface area contributed by atoms with E-state index in [4.69, 9.17) is 75.8 Å². The summed E-state index contributed by atoms with van der Waals surface area (Å²) in [5.41, 5.74) is 0. The summed E-state index contributed by atoms with van der Waals surface area (Å²) in [6.07, 6.45) is -69.3. The maximum absolute atomic E-state index is 14.2. The molecule has 0 spiro atoms. The van der Waals surface area contributed by atoms with Crippen LogP contribution in [-0.2, 0) is 95.0 Å². The molecule has 23 heterocycles. The SMILES string of the molecule is CN[C@H](CSCC1O[C@H]2O[C@@H]3C(CO)O[C@H](O[C@@H]4C(CO)O[C@H](O[C@@H]5C(CO)O[C@H](O[C@@H]6C(CSC[C@@H](CC(=O)CCOCCOCCC(C)=O)C(=O)NCCSSc7ccccn7)O[C@H](O[C@@H]7C(CO)O[C@@H](O[C@@H]8C(CO)O[C@@H](O[C@H]1[C@H](O)C2O)C(O)[C@H]8O)C(O)[C@H]7O)C(O)[C@H]6O)C(O)[C@H]5O)C(O)[C@H]4O)C(O)[C@H]3O)C(=O)NCCSSc1ccccn1. The molecule has 0 aromatic carbocycles. The smallest absolute Gasteiger partial charge is 0.238 e. The first-order valence-corrected chi connectivity index (χ1v) is 46.8. The highest BCUT2D eigenvalue weighted by molar-refractivity contribution is 8.77. The molecule has 2 aromatic heterocycles. The van der Waals surface area contributed by atoms with E-state index in [1.165, 1.54) is 57.1 Å². The average Bonchev–Trinajstić information content (AvgIpc) is 0.886. The highest BCUT2D eigenvalue weighted by Crippen LogP contribution is 2.41. The number of carbonyl (C=O) groups is 4. The van der Waals surface area contributed by atoms with Gasteiger partial charge in [-0.15, -0.1) is 0 Å². The Kier molecular flexibility index (Phi) is 42.2. The number of nitrogens with one attached hydrogen (secondary N) is 3. The van der Waals surface area contributed by atoms with E-state index in [1.807, 2.05) is 18.2 Å². The number of aliphatic hydroxyl groups excluding tert-OH is 19. The van der Waals surface area contributed by atoms with E-state index in [2.05, 4.69) is 25.9 Å². The molecule has 2 aromatic rings. The number of aliphatic hydroxyl groups is 19. The van der Waals surface area contributed by atoms with Crippen molar-refractivity contribution in [2.24, 2.45) is 5.92 Å². The van der Waals surface area contributed by atoms with E-state index in [0.717, 1.165) is 28.5 Å². The van der Waals surface area contributed by atoms with Crippen molar-refractivity contribution in [3.8, 4) is 0 Å². The third-order valence-electron chi connectivity index (χ3n) is 21.1. The second-order valence-electron chi connectivity index (χ2n) is 29.8. The third-order valence-corrected chi connectivity index (χ3v) is 28.0. The van der Waals surface area contributed by atoms with Crippen molar-refractivity contribution in [2.75, 3.05) is 114 Å². The van der Waals surface area contributed by atoms with Crippen LogP contribution in [0.2, 0.25) is 0 Å². The zero-order valence-corrected chi connectivity index (χ0v) is 71.5. The maximum Gasteiger partial charge on any atom is 0.238 e. The van der Waals surface area contributed by atoms with Crippen LogP contribution in [0, 0.1) is 5.92 Å². The van der Waals surface area contributed by atoms with Crippen molar-refractivity contribution in [1.82, 2.24) is 25.9 Å². The highest BCUT2D eigenvalue weighted by atomic mass is 33.1. The maximum atomic E-state index is 14.2. The molecule has 14 bridgehead atoms. The Morgan fingerprint density at radius 2 is 0.691 bits per heavy atom. The van der Waals surface area contributed by atoms with Crippen LogP contribution in [0.5, 0.6) is 0 Å². The van der Waals surface area contributed by atoms with Gasteiger partial charge in [-0.1, -0.05) is 33.7 Å². The molecule has 2 amide bonds. The molecular formula is C73H113N5O39S6. The van der Waals surface area contributed by atoms with Gasteiger partial charge in [-0.2, -0.15) is 23.5 Å². The van der Waals surface area contributed by atoms with Crippen LogP contribution in [0.15, 0.2) is 58.8 Å². The summed E-state index contributed by atoms with van der Waals surface area (Å²) in [5.74, 6) is -2.59. The van der Waals surface area contributed by atoms with Crippen molar-refractivity contribution < 1.29 is 192 Å². The predicted octanol–water partition coefficient (Wildman–Crippen LogP) is -9.28. The molecule has 123 heavy (non-hydrogen) atoms. The minimum atomic E-state index is -2.30. The second kappa shape index (κ2) is 50.8. The van der Waals surface area contributed by atoms with Crippen LogP contribution in [0.4, 0.5) is 0 Å². The van der Waals surface area contributed by atoms with Crippen LogP contribution < -0.4 is 16.0 Å². The number of ketones is 2. The van der Waals surface area contributed by atoms with Crippen molar-refractivity contribution in [3.05, 3.63) is 48.8 Å². The molecule has 14 unspecified atom stereocenters. The molecule has 44 nitrogen and oxygen atoms in total. The number of ether oxygens (including phenoxy) is 16. The zero-order chi connectivity index (χ0) is 88.7. The molecule has 0 saturated carbocycles. The predicted molar refractivity (Wildman–Crippen MR) is 428 cm³/mol. The van der Waals surface area contributed by atoms with Gasteiger partial charge in [-0.3, -0.25) is 19.2 Å². The quantitative estimate of drug-likeness (QED) is 0.0221. The lowest BCUT2D eigenvalue weighted by atomic mass is 9.95. The molecular weight excluding hydrogens is 1760 g/mol. The summed E-state index contributed by atoms with van der Waals surface area (Å²) >= 11 is 1.96. The van der Waals surface area contributed by atoms with E-state index in [9.17, 15) is 116 Å². The summed E-state index contributed by atoms with van der Waals surface area (Å²) in [7, 11) is 7.12. The standard InChI is InChI=1S/C73H113N5O39S6/c1-31(84)9-15-102-17-18-103-16-10-33(85)21-32(65(100)77-13-19-120-122-42-7-3-5-11-75-42)27-118-29-40-63-49(91)56(98)72(109-40)114-61-38(25-82)105-69(52(94)45(61)87)113-60-37(24-81)108-71(55(97)48(60)90)117-64-41(30-119-28-34(74-2)66(101)78-14-20-121-123-43-8-4-6-12-76-43)110-73(57(99)50(64)92)115-62-39(26-83)106-68(53(95)46(62)88)111-58-35(22-79)104-67(51(93)44(58)86)112-59-36(23-80)107-70(116-63)54(96)47(59)89/h3-8,11-12,32,34-41,44-64,67-74,79-83,86-99H,9-10,13-30H2,1-2H3,(H,77,100)(H,78,101)/t32-,34-,35?,36?,37?,38?,39?,40?,41?,44-,45-,46-,47-,48-,49-,50-,51?,52?,53?,54?,55?,56?,57?,58-,59-,60-,61-,62-,63-,64-,67-,68-,69+,70-,71+,72-,73+/m1/s1. The number of amides is 2. The number of Topliss-reactive ketones (excluding diaryl/α,β-unsaturated/α-hetero) is 2. The van der Waals surface area contributed by atoms with Gasteiger partial charge in [0.25, 0.3) is 0 Å². The first-order chi connectivity index (χ1) is 59.1. The van der Waals surface area contributed by atoms with Crippen molar-refractivity contribution >= 4 is 90.1 Å². The minimum absolute atomic E-state index is 0.0233. The molecule has 700 valence electrons. The highest BCUT2D eigenvalue weighted by Gasteiger charge is 2.60. The number of nitrogens with zero attached hydrogens (tertiary/aromatic N) is 2. The first-order valence-electron chi connectivity index (χ1n) is 39.8. The molecule has 50 heteroatoms. The molecule has 0 radical (unpaired) electrons. The normalized spacial score (nSPS) is 39.4. The Labute approximate surface area is 730 Å². The molecule has 22 N–H and O–H groups in total. The molecule has 21 aliphatic heterocycles. The Morgan fingerprint density at radius 1 is 0.390 bits per heavy atom. The molecule has 0 aliphatic carbocycles. The van der Waals surface area contributed by atoms with Gasteiger partial charge < -0.3 is 189 Å². The van der Waals surface area contributed by atoms with Gasteiger partial charge in [0.05, 0.1) is 83.6 Å². The summed E-state index contributed by atoms with van der Waals surface area (Å²) in [6.45, 7) is -3.37. The largest absolute Gasteiger partial charge is 0.394 e. The van der Waals surface area contributed by atoms with E-state index in [0.29, 0.717) is 16.5 Å². The molecule has 21 saturated heterocycles. The Morgan fingerprint density at radius 3 is 0.992 bits per heavy atom. The molecule has 23 rings (SSSR count). The number of likely N-dealkylation sites (N-methyl/N-ethyl adjacent to an activating group) is 1. The molecule has 37 atom stereocenters. The van der Waals surface area contributed by atoms with Gasteiger partial charge in [0.1, 0.15) is 180 Å². The summed E-state index contributed by atoms with van der Waals surface area (Å²) in [6, 6.07) is 9.91. The monoisotopic (exact) mass is 1880 g/mol. The fourth-order valence-electron chi connectivity index (χ4n) is 14.3. The van der Waals surface area contributed by atoms with Crippen LogP contribution in [-0.4, -0.2) is 465 Å². The molecule has 21 aliphatic rings. The van der Waals surface area contributed by atoms with Gasteiger partial charge >= 0.3 is 0 Å². The van der Waals surface area contributed by atoms with E-state index >= 15 is 0 Å². The Hall–Kier alpha value is -2.76. The number of hydrogen-bond donors (Lipinski definition) is 22. The average molecular weight is 1880 g/mol. The van der Waals surface area contributed by atoms with Crippen LogP contribution in [0.1, 0.15) is 26.2 Å². The fraction of sp³-hybridized carbons (Fsp3) is 0.808. The van der Waals surface area contributed by atoms with Crippen LogP contribution in [0.25, 0.3) is 0 Å². The van der Waals surface area contributed by atoms with Crippen molar-refractivity contribution in [2.45, 2.75) is 257 Å². The number of carbonyl (C=O) groups excluding carboxylic acids is 4. The van der Waals surface area contributed by atoms with E-state index in [1.54, 1.807) is 30.6 Å². The van der Waals surface area contributed by atoms with Gasteiger partial charge in [-0.25, -0.2) is 9.97 Å². The summed E-state index contributed by atoms with van der Waals surface area (Å²) < 4.78 is 95.5. The summed E-state index contributed by atoms with van der Waals surface area (Å²) in [5, 5.41) is 231. The van der Waals surface area contributed by atoms with E-state index in [-0.39, 0.29) is 81.8 Å². The number of aromatic nitrogens is 2. The summed E-state index contributed by atoms with van der Waals surface area (Å²) in [4.78, 5) is 61.3. The zero-order valence-electron chi connectivity index (χ0n) is 66.6. The van der Waals surface area contributed by atoms with Crippen LogP contribution >= 0.6 is 66.7 Å². The lowest BCUT2D eigenvalue weighted by Gasteiger charge is -2.50. The minimum Gasteiger partial charge on any atom is -0.394 e. The third kappa shape index (κ3) is 27.5. The van der Waals surface area contributed by atoms with Gasteiger partial charge in [0.15, 0.2) is 44.0 Å². The second-order valence-corrected chi connectivity index (χ2v) is 36.8. The fourth-order valence-corrected chi connectivity index (χ4v) is 20.3. The molecule has 21 fully saturated rings. The van der Waals surface area contributed by atoms with Crippen molar-refractivity contribution in [3.63, 3.8) is 0 Å². The number of thioether (sulfide) groups is 2. The van der Waals surface area contributed by atoms with Crippen molar-refractivity contribution in [1.29, 1.82) is 0 Å². The number of hydrogen-bond acceptors (Lipinski definition) is 48. The topological polar surface area (TPSA) is 662 Å². The number of pyridine rings is 2. The lowest BCUT2D eigenvalue weighted by Crippen LogP contribution is -2.68. The Bertz CT molecular complexity index is 3460. The van der Waals surface area contributed by atoms with Gasteiger partial charge in [0, 0.05) is 79.3 Å². The number of rotatable bonds is 37. The lowest BCUT2D eigenvalue weighted by molar-refractivity contribution is -0.395. The van der Waals surface area contributed by atoms with Crippen LogP contribution in [0.3, 0.4) is 0 Å². The Balaban J connectivity index is 0.912. The van der Waals surface area contributed by atoms with Gasteiger partial charge in [-0.05, 0) is 59.8 Å².